The summed E-state index contributed by atoms with van der Waals surface area (Å²) in [5.41, 5.74) is 6.68. The van der Waals surface area contributed by atoms with Gasteiger partial charge in [-0.15, -0.1) is 10.2 Å². The third-order valence-corrected chi connectivity index (χ3v) is 7.08. The Morgan fingerprint density at radius 1 is 1.02 bits per heavy atom. The molecule has 206 valence electrons. The highest BCUT2D eigenvalue weighted by Crippen LogP contribution is 2.30. The van der Waals surface area contributed by atoms with Gasteiger partial charge in [-0.25, -0.2) is 5.43 Å². The van der Waals surface area contributed by atoms with Gasteiger partial charge in [0.25, 0.3) is 11.6 Å². The third kappa shape index (κ3) is 6.73. The number of ether oxygens (including phenoxy) is 1. The van der Waals surface area contributed by atoms with E-state index < -0.39 is 4.92 Å². The Labute approximate surface area is 236 Å². The SMILES string of the molecule is COc1ccc(-n2c(SCC(=O)N/N=C(/C)c3ccc([N+](=O)[O-])cc3)nnc2-c2ccc(C(C)(C)C)cc2)cc1. The number of thioether (sulfide) groups is 1. The number of methoxy groups -OCH3 is 1. The summed E-state index contributed by atoms with van der Waals surface area (Å²) in [6, 6.07) is 21.8. The molecule has 0 aliphatic rings. The van der Waals surface area contributed by atoms with Gasteiger partial charge < -0.3 is 4.74 Å². The molecule has 0 aliphatic carbocycles. The van der Waals surface area contributed by atoms with Crippen molar-refractivity contribution in [2.45, 2.75) is 38.3 Å². The van der Waals surface area contributed by atoms with E-state index in [-0.39, 0.29) is 22.8 Å². The number of nitro groups is 1. The maximum absolute atomic E-state index is 12.6. The van der Waals surface area contributed by atoms with Gasteiger partial charge in [0.1, 0.15) is 5.75 Å². The van der Waals surface area contributed by atoms with Crippen molar-refractivity contribution in [3.8, 4) is 22.8 Å². The summed E-state index contributed by atoms with van der Waals surface area (Å²) in [6.45, 7) is 8.21. The zero-order valence-electron chi connectivity index (χ0n) is 22.9. The minimum atomic E-state index is -0.466. The number of benzene rings is 3. The van der Waals surface area contributed by atoms with Gasteiger partial charge in [0, 0.05) is 23.4 Å². The lowest BCUT2D eigenvalue weighted by Crippen LogP contribution is -2.21. The van der Waals surface area contributed by atoms with Crippen molar-refractivity contribution in [2.75, 3.05) is 12.9 Å². The summed E-state index contributed by atoms with van der Waals surface area (Å²) in [7, 11) is 1.61. The number of nitrogens with zero attached hydrogens (tertiary/aromatic N) is 5. The first-order valence-corrected chi connectivity index (χ1v) is 13.5. The van der Waals surface area contributed by atoms with E-state index in [9.17, 15) is 14.9 Å². The Hall–Kier alpha value is -4.51. The molecule has 0 unspecified atom stereocenters. The number of non-ortho nitro benzene ring substituents is 1. The fraction of sp³-hybridized carbons (Fsp3) is 0.241. The van der Waals surface area contributed by atoms with Crippen LogP contribution in [0.3, 0.4) is 0 Å². The number of nitro benzene ring substituents is 1. The summed E-state index contributed by atoms with van der Waals surface area (Å²) in [6.07, 6.45) is 0. The van der Waals surface area contributed by atoms with Crippen LogP contribution in [0.4, 0.5) is 5.69 Å². The van der Waals surface area contributed by atoms with Gasteiger partial charge in [0.15, 0.2) is 11.0 Å². The van der Waals surface area contributed by atoms with Crippen LogP contribution in [0.2, 0.25) is 0 Å². The molecule has 1 amide bonds. The van der Waals surface area contributed by atoms with Gasteiger partial charge in [-0.2, -0.15) is 5.10 Å². The number of aromatic nitrogens is 3. The number of carbonyl (C=O) groups is 1. The monoisotopic (exact) mass is 558 g/mol. The number of hydrazone groups is 1. The molecular weight excluding hydrogens is 528 g/mol. The lowest BCUT2D eigenvalue weighted by atomic mass is 9.87. The normalized spacial score (nSPS) is 11.8. The second-order valence-electron chi connectivity index (χ2n) is 9.99. The first kappa shape index (κ1) is 28.5. The van der Waals surface area contributed by atoms with E-state index >= 15 is 0 Å². The molecule has 40 heavy (non-hydrogen) atoms. The smallest absolute Gasteiger partial charge is 0.269 e. The van der Waals surface area contributed by atoms with Crippen LogP contribution in [-0.2, 0) is 10.2 Å². The maximum atomic E-state index is 12.6. The number of amides is 1. The Balaban J connectivity index is 1.54. The first-order valence-electron chi connectivity index (χ1n) is 12.5. The molecule has 11 heteroatoms. The van der Waals surface area contributed by atoms with E-state index in [1.165, 1.54) is 29.5 Å². The van der Waals surface area contributed by atoms with E-state index in [0.29, 0.717) is 22.3 Å². The summed E-state index contributed by atoms with van der Waals surface area (Å²) >= 11 is 1.24. The Bertz CT molecular complexity index is 1520. The molecule has 0 fully saturated rings. The van der Waals surface area contributed by atoms with Crippen molar-refractivity contribution in [2.24, 2.45) is 5.10 Å². The van der Waals surface area contributed by atoms with Gasteiger partial charge in [-0.05, 0) is 59.9 Å². The number of nitrogens with one attached hydrogen (secondary N) is 1. The van der Waals surface area contributed by atoms with Crippen LogP contribution in [-0.4, -0.2) is 44.2 Å². The molecule has 1 aromatic heterocycles. The Kier molecular flexibility index (Phi) is 8.64. The topological polar surface area (TPSA) is 125 Å². The summed E-state index contributed by atoms with van der Waals surface area (Å²) in [4.78, 5) is 23.0. The van der Waals surface area contributed by atoms with E-state index in [1.807, 2.05) is 41.0 Å². The standard InChI is InChI=1S/C29H30N6O4S/c1-19(20-8-12-24(13-9-20)35(37)38)30-31-26(36)18-40-28-33-32-27(21-6-10-22(11-7-21)29(2,3)4)34(28)23-14-16-25(39-5)17-15-23/h6-17H,18H2,1-5H3,(H,31,36)/b30-19-. The maximum Gasteiger partial charge on any atom is 0.269 e. The van der Waals surface area contributed by atoms with Crippen LogP contribution < -0.4 is 10.2 Å². The molecule has 0 bridgehead atoms. The third-order valence-electron chi connectivity index (χ3n) is 6.15. The predicted octanol–water partition coefficient (Wildman–Crippen LogP) is 5.78. The summed E-state index contributed by atoms with van der Waals surface area (Å²) in [5, 5.41) is 24.4. The highest BCUT2D eigenvalue weighted by Gasteiger charge is 2.19. The molecule has 0 aliphatic heterocycles. The molecule has 10 nitrogen and oxygen atoms in total. The fourth-order valence-corrected chi connectivity index (χ4v) is 4.58. The average Bonchev–Trinajstić information content (AvgIpc) is 3.38. The molecule has 4 rings (SSSR count). The van der Waals surface area contributed by atoms with E-state index in [1.54, 1.807) is 26.2 Å². The van der Waals surface area contributed by atoms with Crippen LogP contribution in [0.1, 0.15) is 38.8 Å². The molecule has 0 saturated carbocycles. The molecule has 0 spiro atoms. The zero-order valence-corrected chi connectivity index (χ0v) is 23.7. The van der Waals surface area contributed by atoms with Crippen LogP contribution in [0, 0.1) is 10.1 Å². The molecule has 1 N–H and O–H groups in total. The second-order valence-corrected chi connectivity index (χ2v) is 10.9. The molecule has 0 radical (unpaired) electrons. The summed E-state index contributed by atoms with van der Waals surface area (Å²) < 4.78 is 7.22. The number of hydrogen-bond donors (Lipinski definition) is 1. The second kappa shape index (κ2) is 12.1. The average molecular weight is 559 g/mol. The van der Waals surface area contributed by atoms with E-state index in [4.69, 9.17) is 4.74 Å². The Morgan fingerprint density at radius 2 is 1.68 bits per heavy atom. The molecule has 3 aromatic carbocycles. The molecule has 4 aromatic rings. The van der Waals surface area contributed by atoms with Gasteiger partial charge in [-0.3, -0.25) is 19.5 Å². The summed E-state index contributed by atoms with van der Waals surface area (Å²) in [5.74, 6) is 1.10. The largest absolute Gasteiger partial charge is 0.497 e. The van der Waals surface area contributed by atoms with Crippen LogP contribution in [0.5, 0.6) is 5.75 Å². The highest BCUT2D eigenvalue weighted by molar-refractivity contribution is 7.99. The lowest BCUT2D eigenvalue weighted by molar-refractivity contribution is -0.384. The van der Waals surface area contributed by atoms with E-state index in [2.05, 4.69) is 53.6 Å². The predicted molar refractivity (Wildman–Crippen MR) is 156 cm³/mol. The van der Waals surface area contributed by atoms with Crippen LogP contribution in [0.15, 0.2) is 83.1 Å². The van der Waals surface area contributed by atoms with Gasteiger partial charge in [0.05, 0.1) is 23.5 Å². The zero-order chi connectivity index (χ0) is 28.9. The van der Waals surface area contributed by atoms with Crippen molar-refractivity contribution in [3.63, 3.8) is 0 Å². The quantitative estimate of drug-likeness (QED) is 0.119. The van der Waals surface area contributed by atoms with Crippen molar-refractivity contribution in [1.82, 2.24) is 20.2 Å². The van der Waals surface area contributed by atoms with Gasteiger partial charge in [-0.1, -0.05) is 56.8 Å². The van der Waals surface area contributed by atoms with Gasteiger partial charge in [0.2, 0.25) is 0 Å². The first-order chi connectivity index (χ1) is 19.1. The number of carbonyl (C=O) groups excluding carboxylic acids is 1. The Morgan fingerprint density at radius 3 is 2.25 bits per heavy atom. The highest BCUT2D eigenvalue weighted by atomic mass is 32.2. The van der Waals surface area contributed by atoms with Crippen molar-refractivity contribution < 1.29 is 14.5 Å². The number of rotatable bonds is 9. The number of hydrogen-bond acceptors (Lipinski definition) is 8. The van der Waals surface area contributed by atoms with Crippen LogP contribution >= 0.6 is 11.8 Å². The molecular formula is C29H30N6O4S. The van der Waals surface area contributed by atoms with Crippen molar-refractivity contribution >= 4 is 29.1 Å². The fourth-order valence-electron chi connectivity index (χ4n) is 3.83. The minimum absolute atomic E-state index is 0.0116. The lowest BCUT2D eigenvalue weighted by Gasteiger charge is -2.19. The van der Waals surface area contributed by atoms with Crippen molar-refractivity contribution in [1.29, 1.82) is 0 Å². The van der Waals surface area contributed by atoms with Gasteiger partial charge >= 0.3 is 0 Å². The van der Waals surface area contributed by atoms with Crippen LogP contribution in [0.25, 0.3) is 17.1 Å². The molecule has 1 heterocycles. The van der Waals surface area contributed by atoms with Crippen molar-refractivity contribution in [3.05, 3.63) is 94.0 Å². The van der Waals surface area contributed by atoms with E-state index in [0.717, 1.165) is 17.0 Å². The minimum Gasteiger partial charge on any atom is -0.497 e. The molecule has 0 saturated heterocycles. The molecule has 0 atom stereocenters.